The summed E-state index contributed by atoms with van der Waals surface area (Å²) >= 11 is 0. The van der Waals surface area contributed by atoms with Gasteiger partial charge in [-0.25, -0.2) is 0 Å². The largest absolute Gasteiger partial charge is 0.463 e. The molecule has 0 aromatic rings. The van der Waals surface area contributed by atoms with Gasteiger partial charge in [-0.2, -0.15) is 0 Å². The third-order valence-electron chi connectivity index (χ3n) is 14.3. The van der Waals surface area contributed by atoms with Gasteiger partial charge in [0.25, 0.3) is 0 Å². The van der Waals surface area contributed by atoms with Crippen LogP contribution in [0, 0.1) is 47.3 Å². The molecule has 412 valence electrons. The zero-order valence-corrected chi connectivity index (χ0v) is 48.9. The Kier molecular flexibility index (Phi) is 46.2. The summed E-state index contributed by atoms with van der Waals surface area (Å²) in [6.45, 7) is 30.2. The van der Waals surface area contributed by atoms with E-state index in [2.05, 4.69) is 69.2 Å². The topological polar surface area (TPSA) is 81.7 Å². The first kappa shape index (κ1) is 66.9. The van der Waals surface area contributed by atoms with Crippen molar-refractivity contribution in [1.82, 2.24) is 0 Å². The molecule has 0 aromatic carbocycles. The van der Waals surface area contributed by atoms with Crippen molar-refractivity contribution < 1.29 is 38.0 Å². The summed E-state index contributed by atoms with van der Waals surface area (Å²) in [6, 6.07) is 0. The predicted octanol–water partition coefficient (Wildman–Crippen LogP) is 16.6. The summed E-state index contributed by atoms with van der Waals surface area (Å²) in [5, 5.41) is 0.767. The predicted molar refractivity (Wildman–Crippen MR) is 299 cm³/mol. The Hall–Kier alpha value is -0.0700. The highest BCUT2D eigenvalue weighted by atomic mass is 33.1. The molecule has 1 fully saturated rings. The van der Waals surface area contributed by atoms with Gasteiger partial charge in [-0.15, -0.1) is 0 Å². The van der Waals surface area contributed by atoms with Crippen molar-refractivity contribution in [2.45, 2.75) is 241 Å². The highest BCUT2D eigenvalue weighted by Gasteiger charge is 2.17. The maximum atomic E-state index is 12.0. The van der Waals surface area contributed by atoms with Crippen molar-refractivity contribution in [3.05, 3.63) is 0 Å². The first-order valence-electron chi connectivity index (χ1n) is 29.3. The molecule has 8 atom stereocenters. The van der Waals surface area contributed by atoms with Gasteiger partial charge < -0.3 is 33.2 Å². The summed E-state index contributed by atoms with van der Waals surface area (Å²) in [7, 11) is 3.97. The molecular weight excluding hydrogens is 901 g/mol. The molecule has 69 heavy (non-hydrogen) atoms. The monoisotopic (exact) mass is 1020 g/mol. The van der Waals surface area contributed by atoms with Crippen molar-refractivity contribution in [2.75, 3.05) is 85.0 Å². The SMILES string of the molecule is CC(C)CCC[C@H](C)CCC[C@H](C)CCCC(C)CCOCC(COCCOCCOCCOCCOC(=O)CCCCC1CCSS1)OCCC(C)CCC[C@@H](C)CCC[C@@H](C)CCCC(C)C. The number of hydrogen-bond donors (Lipinski definition) is 0. The van der Waals surface area contributed by atoms with Crippen LogP contribution in [0.1, 0.15) is 230 Å². The molecule has 4 unspecified atom stereocenters. The van der Waals surface area contributed by atoms with Crippen LogP contribution in [0.3, 0.4) is 0 Å². The smallest absolute Gasteiger partial charge is 0.305 e. The lowest BCUT2D eigenvalue weighted by Gasteiger charge is -2.21. The van der Waals surface area contributed by atoms with Crippen molar-refractivity contribution >= 4 is 27.6 Å². The fourth-order valence-corrected chi connectivity index (χ4v) is 12.3. The Labute approximate surface area is 437 Å². The van der Waals surface area contributed by atoms with E-state index in [0.29, 0.717) is 84.3 Å². The standard InChI is InChI=1S/C59H116O8S2/c1-49(2)19-13-21-51(5)23-15-25-53(7)27-17-29-55(9)33-36-64-47-57(66-37-34-56(10)30-18-28-54(8)26-16-24-52(6)22-14-20-50(3)4)48-65-43-42-62-39-38-61-40-41-63-44-45-67-59(60)32-12-11-31-58-35-46-68-69-58/h49-58H,11-48H2,1-10H3/t51-,52-,53-,54-,55?,56?,57?,58?/m0/s1. The third kappa shape index (κ3) is 46.2. The number of unbranched alkanes of at least 4 members (excludes halogenated alkanes) is 1. The number of rotatable bonds is 52. The first-order chi connectivity index (χ1) is 33.3. The number of hydrogen-bond acceptors (Lipinski definition) is 10. The molecule has 0 saturated carbocycles. The van der Waals surface area contributed by atoms with E-state index in [1.807, 2.05) is 21.6 Å². The lowest BCUT2D eigenvalue weighted by atomic mass is 9.91. The van der Waals surface area contributed by atoms with E-state index in [0.717, 1.165) is 79.7 Å². The van der Waals surface area contributed by atoms with Gasteiger partial charge in [0, 0.05) is 30.6 Å². The van der Waals surface area contributed by atoms with Crippen molar-refractivity contribution in [3.63, 3.8) is 0 Å². The molecule has 1 saturated heterocycles. The van der Waals surface area contributed by atoms with Crippen LogP contribution in [0.5, 0.6) is 0 Å². The minimum Gasteiger partial charge on any atom is -0.463 e. The van der Waals surface area contributed by atoms with Crippen LogP contribution in [0.4, 0.5) is 0 Å². The van der Waals surface area contributed by atoms with Gasteiger partial charge in [-0.3, -0.25) is 4.79 Å². The highest BCUT2D eigenvalue weighted by Crippen LogP contribution is 2.40. The second kappa shape index (κ2) is 47.6. The Morgan fingerprint density at radius 2 is 0.797 bits per heavy atom. The molecule has 1 heterocycles. The van der Waals surface area contributed by atoms with E-state index in [4.69, 9.17) is 33.2 Å². The summed E-state index contributed by atoms with van der Waals surface area (Å²) in [5.74, 6) is 7.54. The summed E-state index contributed by atoms with van der Waals surface area (Å²) in [4.78, 5) is 12.0. The molecule has 1 rings (SSSR count). The fraction of sp³-hybridized carbons (Fsp3) is 0.983. The summed E-state index contributed by atoms with van der Waals surface area (Å²) < 4.78 is 41.0. The Bertz CT molecular complexity index is 1090. The van der Waals surface area contributed by atoms with E-state index in [-0.39, 0.29) is 12.1 Å². The second-order valence-corrected chi connectivity index (χ2v) is 25.6. The average Bonchev–Trinajstić information content (AvgIpc) is 3.82. The van der Waals surface area contributed by atoms with Gasteiger partial charge in [0.1, 0.15) is 12.7 Å². The Morgan fingerprint density at radius 1 is 0.420 bits per heavy atom. The number of carbonyl (C=O) groups is 1. The molecular formula is C59H116O8S2. The van der Waals surface area contributed by atoms with Crippen LogP contribution in [0.2, 0.25) is 0 Å². The van der Waals surface area contributed by atoms with Crippen LogP contribution in [-0.4, -0.2) is 102 Å². The van der Waals surface area contributed by atoms with Crippen LogP contribution in [0.15, 0.2) is 0 Å². The average molecular weight is 1020 g/mol. The molecule has 0 spiro atoms. The highest BCUT2D eigenvalue weighted by molar-refractivity contribution is 8.77. The Balaban J connectivity index is 2.26. The number of esters is 1. The molecule has 0 bridgehead atoms. The van der Waals surface area contributed by atoms with E-state index in [1.54, 1.807) is 0 Å². The van der Waals surface area contributed by atoms with E-state index in [9.17, 15) is 4.79 Å². The first-order valence-corrected chi connectivity index (χ1v) is 31.7. The number of ether oxygens (including phenoxy) is 7. The Morgan fingerprint density at radius 3 is 1.22 bits per heavy atom. The lowest BCUT2D eigenvalue weighted by molar-refractivity contribution is -0.145. The maximum absolute atomic E-state index is 12.0. The number of carbonyl (C=O) groups excluding carboxylic acids is 1. The molecule has 0 amide bonds. The van der Waals surface area contributed by atoms with Crippen LogP contribution >= 0.6 is 21.6 Å². The molecule has 1 aliphatic heterocycles. The van der Waals surface area contributed by atoms with E-state index in [1.165, 1.54) is 134 Å². The molecule has 0 aromatic heterocycles. The van der Waals surface area contributed by atoms with Gasteiger partial charge in [-0.1, -0.05) is 213 Å². The summed E-state index contributed by atoms with van der Waals surface area (Å²) in [6.07, 6.45) is 31.6. The van der Waals surface area contributed by atoms with Crippen molar-refractivity contribution in [2.24, 2.45) is 47.3 Å². The quantitative estimate of drug-likeness (QED) is 0.0334. The minimum atomic E-state index is -0.125. The molecule has 0 radical (unpaired) electrons. The fourth-order valence-electron chi connectivity index (χ4n) is 9.32. The van der Waals surface area contributed by atoms with Crippen molar-refractivity contribution in [1.29, 1.82) is 0 Å². The van der Waals surface area contributed by atoms with Gasteiger partial charge in [0.2, 0.25) is 0 Å². The summed E-state index contributed by atoms with van der Waals surface area (Å²) in [5.41, 5.74) is 0. The molecule has 0 aliphatic carbocycles. The van der Waals surface area contributed by atoms with Crippen LogP contribution in [-0.2, 0) is 38.0 Å². The van der Waals surface area contributed by atoms with Crippen molar-refractivity contribution in [3.8, 4) is 0 Å². The van der Waals surface area contributed by atoms with Gasteiger partial charge in [0.05, 0.1) is 59.5 Å². The third-order valence-corrected chi connectivity index (χ3v) is 17.4. The van der Waals surface area contributed by atoms with Gasteiger partial charge >= 0.3 is 5.97 Å². The molecule has 0 N–H and O–H groups in total. The van der Waals surface area contributed by atoms with Gasteiger partial charge in [-0.05, 0) is 79.4 Å². The zero-order valence-electron chi connectivity index (χ0n) is 47.2. The van der Waals surface area contributed by atoms with E-state index < -0.39 is 0 Å². The zero-order chi connectivity index (χ0) is 50.6. The van der Waals surface area contributed by atoms with E-state index >= 15 is 0 Å². The normalized spacial score (nSPS) is 17.4. The maximum Gasteiger partial charge on any atom is 0.305 e. The van der Waals surface area contributed by atoms with Gasteiger partial charge in [0.15, 0.2) is 0 Å². The molecule has 1 aliphatic rings. The molecule has 10 heteroatoms. The van der Waals surface area contributed by atoms with Crippen LogP contribution in [0.25, 0.3) is 0 Å². The van der Waals surface area contributed by atoms with Crippen LogP contribution < -0.4 is 0 Å². The second-order valence-electron chi connectivity index (χ2n) is 22.9. The molecule has 8 nitrogen and oxygen atoms in total. The minimum absolute atomic E-state index is 0.0734. The lowest BCUT2D eigenvalue weighted by Crippen LogP contribution is -2.28.